The quantitative estimate of drug-likeness (QED) is 0.655. The van der Waals surface area contributed by atoms with E-state index in [0.717, 1.165) is 0 Å². The van der Waals surface area contributed by atoms with Gasteiger partial charge in [-0.1, -0.05) is 50.3 Å². The average molecular weight is 226 g/mol. The van der Waals surface area contributed by atoms with Gasteiger partial charge in [0.05, 0.1) is 0 Å². The maximum Gasteiger partial charge on any atom is 0.0169 e. The summed E-state index contributed by atoms with van der Waals surface area (Å²) >= 11 is 0. The zero-order valence-electron chi connectivity index (χ0n) is 11.5. The molecule has 0 radical (unpaired) electrons. The second-order valence-corrected chi connectivity index (χ2v) is 5.50. The van der Waals surface area contributed by atoms with E-state index >= 15 is 0 Å². The molecule has 2 unspecified atom stereocenters. The Labute approximate surface area is 105 Å². The van der Waals surface area contributed by atoms with E-state index in [9.17, 15) is 0 Å². The summed E-state index contributed by atoms with van der Waals surface area (Å²) in [5.41, 5.74) is 5.86. The molecule has 2 atom stereocenters. The standard InChI is InChI=1S/C17H22/c1-12-9-10-16(15(4)14(12)3)17(5)11-7-6-8-13(17)2/h6-11,13H,1-5H3. The summed E-state index contributed by atoms with van der Waals surface area (Å²) in [6, 6.07) is 4.56. The van der Waals surface area contributed by atoms with Crippen LogP contribution in [0.2, 0.25) is 0 Å². The van der Waals surface area contributed by atoms with Crippen LogP contribution in [0.5, 0.6) is 0 Å². The largest absolute Gasteiger partial charge is 0.0805 e. The molecule has 2 rings (SSSR count). The van der Waals surface area contributed by atoms with E-state index in [1.807, 2.05) is 0 Å². The van der Waals surface area contributed by atoms with Crippen molar-refractivity contribution in [2.75, 3.05) is 0 Å². The molecule has 0 fully saturated rings. The number of hydrogen-bond donors (Lipinski definition) is 0. The van der Waals surface area contributed by atoms with Crippen LogP contribution in [0, 0.1) is 26.7 Å². The predicted molar refractivity (Wildman–Crippen MR) is 75.4 cm³/mol. The van der Waals surface area contributed by atoms with Crippen LogP contribution in [0.15, 0.2) is 36.4 Å². The van der Waals surface area contributed by atoms with E-state index in [-0.39, 0.29) is 5.41 Å². The normalized spacial score (nSPS) is 27.5. The molecule has 1 aromatic carbocycles. The molecule has 0 aromatic heterocycles. The first-order chi connectivity index (χ1) is 7.97. The van der Waals surface area contributed by atoms with Crippen molar-refractivity contribution < 1.29 is 0 Å². The van der Waals surface area contributed by atoms with Gasteiger partial charge in [-0.3, -0.25) is 0 Å². The van der Waals surface area contributed by atoms with Crippen molar-refractivity contribution in [1.82, 2.24) is 0 Å². The molecular formula is C17H22. The smallest absolute Gasteiger partial charge is 0.0169 e. The molecule has 1 aliphatic rings. The van der Waals surface area contributed by atoms with Gasteiger partial charge < -0.3 is 0 Å². The van der Waals surface area contributed by atoms with Crippen molar-refractivity contribution >= 4 is 0 Å². The molecule has 0 amide bonds. The molecule has 17 heavy (non-hydrogen) atoms. The van der Waals surface area contributed by atoms with Gasteiger partial charge in [0.25, 0.3) is 0 Å². The third-order valence-electron chi connectivity index (χ3n) is 4.54. The van der Waals surface area contributed by atoms with Gasteiger partial charge in [0, 0.05) is 5.41 Å². The fraction of sp³-hybridized carbons (Fsp3) is 0.412. The van der Waals surface area contributed by atoms with E-state index in [0.29, 0.717) is 5.92 Å². The van der Waals surface area contributed by atoms with Crippen LogP contribution < -0.4 is 0 Å². The summed E-state index contributed by atoms with van der Waals surface area (Å²) < 4.78 is 0. The van der Waals surface area contributed by atoms with Gasteiger partial charge in [-0.2, -0.15) is 0 Å². The van der Waals surface area contributed by atoms with Crippen LogP contribution in [0.25, 0.3) is 0 Å². The van der Waals surface area contributed by atoms with Gasteiger partial charge in [-0.05, 0) is 48.9 Å². The number of rotatable bonds is 1. The third kappa shape index (κ3) is 1.86. The van der Waals surface area contributed by atoms with E-state index in [2.05, 4.69) is 71.1 Å². The lowest BCUT2D eigenvalue weighted by molar-refractivity contribution is 0.455. The Kier molecular flexibility index (Phi) is 2.99. The Hall–Kier alpha value is -1.30. The van der Waals surface area contributed by atoms with Gasteiger partial charge in [-0.15, -0.1) is 0 Å². The van der Waals surface area contributed by atoms with E-state index < -0.39 is 0 Å². The highest BCUT2D eigenvalue weighted by Crippen LogP contribution is 2.39. The molecule has 0 saturated heterocycles. The minimum atomic E-state index is 0.136. The highest BCUT2D eigenvalue weighted by atomic mass is 14.3. The Morgan fingerprint density at radius 2 is 1.71 bits per heavy atom. The fourth-order valence-electron chi connectivity index (χ4n) is 2.71. The maximum absolute atomic E-state index is 2.34. The monoisotopic (exact) mass is 226 g/mol. The first kappa shape index (κ1) is 12.2. The Morgan fingerprint density at radius 3 is 2.35 bits per heavy atom. The van der Waals surface area contributed by atoms with Crippen LogP contribution in [0.4, 0.5) is 0 Å². The number of hydrogen-bond acceptors (Lipinski definition) is 0. The van der Waals surface area contributed by atoms with E-state index in [1.54, 1.807) is 0 Å². The summed E-state index contributed by atoms with van der Waals surface area (Å²) in [6.07, 6.45) is 8.97. The zero-order chi connectivity index (χ0) is 12.6. The first-order valence-electron chi connectivity index (χ1n) is 6.40. The fourth-order valence-corrected chi connectivity index (χ4v) is 2.71. The molecule has 1 aromatic rings. The molecule has 0 bridgehead atoms. The lowest BCUT2D eigenvalue weighted by atomic mass is 9.68. The lowest BCUT2D eigenvalue weighted by Gasteiger charge is -2.35. The van der Waals surface area contributed by atoms with Crippen LogP contribution in [0.3, 0.4) is 0 Å². The minimum absolute atomic E-state index is 0.136. The molecule has 0 N–H and O–H groups in total. The lowest BCUT2D eigenvalue weighted by Crippen LogP contribution is -2.29. The van der Waals surface area contributed by atoms with E-state index in [4.69, 9.17) is 0 Å². The van der Waals surface area contributed by atoms with Gasteiger partial charge in [0.2, 0.25) is 0 Å². The SMILES string of the molecule is Cc1ccc(C2(C)C=CC=CC2C)c(C)c1C. The maximum atomic E-state index is 2.34. The number of benzene rings is 1. The first-order valence-corrected chi connectivity index (χ1v) is 6.40. The molecule has 0 heteroatoms. The van der Waals surface area contributed by atoms with Gasteiger partial charge >= 0.3 is 0 Å². The van der Waals surface area contributed by atoms with Crippen molar-refractivity contribution in [2.24, 2.45) is 5.92 Å². The van der Waals surface area contributed by atoms with Crippen LogP contribution in [-0.4, -0.2) is 0 Å². The molecular weight excluding hydrogens is 204 g/mol. The zero-order valence-corrected chi connectivity index (χ0v) is 11.5. The van der Waals surface area contributed by atoms with Crippen molar-refractivity contribution in [3.05, 3.63) is 58.7 Å². The summed E-state index contributed by atoms with van der Waals surface area (Å²) in [4.78, 5) is 0. The summed E-state index contributed by atoms with van der Waals surface area (Å²) in [7, 11) is 0. The molecule has 0 saturated carbocycles. The second kappa shape index (κ2) is 4.18. The average Bonchev–Trinajstić information content (AvgIpc) is 2.30. The van der Waals surface area contributed by atoms with Gasteiger partial charge in [0.1, 0.15) is 0 Å². The van der Waals surface area contributed by atoms with Crippen LogP contribution >= 0.6 is 0 Å². The van der Waals surface area contributed by atoms with Crippen molar-refractivity contribution in [3.8, 4) is 0 Å². The summed E-state index contributed by atoms with van der Waals surface area (Å²) in [5, 5.41) is 0. The van der Waals surface area contributed by atoms with Crippen LogP contribution in [0.1, 0.15) is 36.1 Å². The van der Waals surface area contributed by atoms with Crippen molar-refractivity contribution in [2.45, 2.75) is 40.0 Å². The molecule has 0 spiro atoms. The Balaban J connectivity index is 2.58. The Morgan fingerprint density at radius 1 is 1.00 bits per heavy atom. The topological polar surface area (TPSA) is 0 Å². The molecule has 0 heterocycles. The Bertz CT molecular complexity index is 491. The molecule has 0 nitrogen and oxygen atoms in total. The summed E-state index contributed by atoms with van der Waals surface area (Å²) in [6.45, 7) is 11.3. The minimum Gasteiger partial charge on any atom is -0.0805 e. The predicted octanol–water partition coefficient (Wildman–Crippen LogP) is 4.63. The number of aryl methyl sites for hydroxylation is 1. The van der Waals surface area contributed by atoms with Gasteiger partial charge in [-0.25, -0.2) is 0 Å². The van der Waals surface area contributed by atoms with Crippen molar-refractivity contribution in [1.29, 1.82) is 0 Å². The number of allylic oxidation sites excluding steroid dienone is 4. The molecule has 0 aliphatic heterocycles. The van der Waals surface area contributed by atoms with Crippen LogP contribution in [-0.2, 0) is 5.41 Å². The third-order valence-corrected chi connectivity index (χ3v) is 4.54. The molecule has 90 valence electrons. The van der Waals surface area contributed by atoms with Crippen molar-refractivity contribution in [3.63, 3.8) is 0 Å². The highest BCUT2D eigenvalue weighted by molar-refractivity contribution is 5.46. The second-order valence-electron chi connectivity index (χ2n) is 5.50. The van der Waals surface area contributed by atoms with Gasteiger partial charge in [0.15, 0.2) is 0 Å². The molecule has 1 aliphatic carbocycles. The highest BCUT2D eigenvalue weighted by Gasteiger charge is 2.31. The van der Waals surface area contributed by atoms with E-state index in [1.165, 1.54) is 22.3 Å². The summed E-state index contributed by atoms with van der Waals surface area (Å²) in [5.74, 6) is 0.549.